The average Bonchev–Trinajstić information content (AvgIpc) is 2.84. The summed E-state index contributed by atoms with van der Waals surface area (Å²) < 4.78 is 0. The summed E-state index contributed by atoms with van der Waals surface area (Å²) in [4.78, 5) is 29.3. The molecular weight excluding hydrogens is 410 g/mol. The van der Waals surface area contributed by atoms with Crippen molar-refractivity contribution in [2.45, 2.75) is 32.2 Å². The van der Waals surface area contributed by atoms with Gasteiger partial charge in [-0.15, -0.1) is 0 Å². The van der Waals surface area contributed by atoms with E-state index >= 15 is 0 Å². The SMILES string of the molecule is CC(=O)c1ccccc1NC(CCC(=O)Nc1cccc2cccnc12)Cc1ccccc1. The van der Waals surface area contributed by atoms with Crippen LogP contribution in [0.1, 0.15) is 35.7 Å². The number of para-hydroxylation sites is 2. The number of nitrogens with zero attached hydrogens (tertiary/aromatic N) is 1. The second-order valence-corrected chi connectivity index (χ2v) is 8.10. The maximum atomic E-state index is 12.8. The first-order valence-electron chi connectivity index (χ1n) is 11.1. The third-order valence-electron chi connectivity index (χ3n) is 5.62. The van der Waals surface area contributed by atoms with Crippen molar-refractivity contribution in [3.63, 3.8) is 0 Å². The van der Waals surface area contributed by atoms with Crippen molar-refractivity contribution in [1.82, 2.24) is 4.98 Å². The van der Waals surface area contributed by atoms with Gasteiger partial charge in [-0.25, -0.2) is 0 Å². The zero-order valence-electron chi connectivity index (χ0n) is 18.6. The highest BCUT2D eigenvalue weighted by molar-refractivity contribution is 6.00. The van der Waals surface area contributed by atoms with Gasteiger partial charge in [-0.05, 0) is 49.6 Å². The predicted octanol–water partition coefficient (Wildman–Crippen LogP) is 5.88. The van der Waals surface area contributed by atoms with Crippen LogP contribution >= 0.6 is 0 Å². The van der Waals surface area contributed by atoms with Crippen LogP contribution < -0.4 is 10.6 Å². The van der Waals surface area contributed by atoms with Gasteiger partial charge in [0.15, 0.2) is 5.78 Å². The normalized spacial score (nSPS) is 11.7. The van der Waals surface area contributed by atoms with Crippen molar-refractivity contribution < 1.29 is 9.59 Å². The van der Waals surface area contributed by atoms with Gasteiger partial charge >= 0.3 is 0 Å². The molecule has 33 heavy (non-hydrogen) atoms. The summed E-state index contributed by atoms with van der Waals surface area (Å²) in [6.07, 6.45) is 3.43. The van der Waals surface area contributed by atoms with Crippen LogP contribution in [0.4, 0.5) is 11.4 Å². The molecule has 0 aliphatic rings. The van der Waals surface area contributed by atoms with E-state index in [9.17, 15) is 9.59 Å². The van der Waals surface area contributed by atoms with Crippen molar-refractivity contribution in [2.75, 3.05) is 10.6 Å². The van der Waals surface area contributed by atoms with Gasteiger partial charge in [0, 0.05) is 35.3 Å². The number of carbonyl (C=O) groups excluding carboxylic acids is 2. The number of hydrogen-bond donors (Lipinski definition) is 2. The van der Waals surface area contributed by atoms with E-state index in [1.165, 1.54) is 5.56 Å². The smallest absolute Gasteiger partial charge is 0.224 e. The number of hydrogen-bond acceptors (Lipinski definition) is 4. The maximum absolute atomic E-state index is 12.8. The Bertz CT molecular complexity index is 1250. The van der Waals surface area contributed by atoms with E-state index in [0.29, 0.717) is 24.1 Å². The van der Waals surface area contributed by atoms with Gasteiger partial charge in [0.1, 0.15) is 0 Å². The Balaban J connectivity index is 1.48. The van der Waals surface area contributed by atoms with Crippen LogP contribution in [0.15, 0.2) is 91.1 Å². The molecule has 1 unspecified atom stereocenters. The van der Waals surface area contributed by atoms with Crippen molar-refractivity contribution >= 4 is 34.0 Å². The summed E-state index contributed by atoms with van der Waals surface area (Å²) in [6.45, 7) is 1.57. The van der Waals surface area contributed by atoms with Gasteiger partial charge in [0.05, 0.1) is 11.2 Å². The number of amides is 1. The molecule has 2 N–H and O–H groups in total. The summed E-state index contributed by atoms with van der Waals surface area (Å²) >= 11 is 0. The quantitative estimate of drug-likeness (QED) is 0.321. The molecule has 1 heterocycles. The molecule has 1 amide bonds. The molecule has 0 saturated carbocycles. The van der Waals surface area contributed by atoms with E-state index in [1.807, 2.05) is 72.8 Å². The Morgan fingerprint density at radius 1 is 0.848 bits per heavy atom. The van der Waals surface area contributed by atoms with Crippen LogP contribution in [0.2, 0.25) is 0 Å². The fourth-order valence-electron chi connectivity index (χ4n) is 3.98. The number of benzene rings is 3. The average molecular weight is 438 g/mol. The van der Waals surface area contributed by atoms with Crippen LogP contribution in [-0.2, 0) is 11.2 Å². The highest BCUT2D eigenvalue weighted by Gasteiger charge is 2.16. The lowest BCUT2D eigenvalue weighted by atomic mass is 10.00. The Hall–Kier alpha value is -3.99. The number of fused-ring (bicyclic) bond motifs is 1. The van der Waals surface area contributed by atoms with Gasteiger partial charge in [0.2, 0.25) is 5.91 Å². The van der Waals surface area contributed by atoms with Crippen molar-refractivity contribution in [1.29, 1.82) is 0 Å². The van der Waals surface area contributed by atoms with Crippen LogP contribution in [0.25, 0.3) is 10.9 Å². The number of carbonyl (C=O) groups is 2. The van der Waals surface area contributed by atoms with Crippen molar-refractivity contribution in [3.8, 4) is 0 Å². The second-order valence-electron chi connectivity index (χ2n) is 8.10. The van der Waals surface area contributed by atoms with E-state index in [2.05, 4.69) is 27.8 Å². The lowest BCUT2D eigenvalue weighted by Crippen LogP contribution is -2.25. The van der Waals surface area contributed by atoms with Crippen LogP contribution in [0.5, 0.6) is 0 Å². The fraction of sp³-hybridized carbons (Fsp3) is 0.179. The zero-order chi connectivity index (χ0) is 23.0. The van der Waals surface area contributed by atoms with Crippen LogP contribution in [-0.4, -0.2) is 22.7 Å². The molecule has 0 saturated heterocycles. The summed E-state index contributed by atoms with van der Waals surface area (Å²) in [5.41, 5.74) is 4.12. The zero-order valence-corrected chi connectivity index (χ0v) is 18.6. The Kier molecular flexibility index (Phi) is 7.10. The highest BCUT2D eigenvalue weighted by Crippen LogP contribution is 2.22. The first kappa shape index (κ1) is 22.2. The standard InChI is InChI=1S/C28H27N3O2/c1-20(32)24-13-5-6-14-25(24)30-23(19-21-9-3-2-4-10-21)16-17-27(33)31-26-15-7-11-22-12-8-18-29-28(22)26/h2-15,18,23,30H,16-17,19H2,1H3,(H,31,33). The largest absolute Gasteiger partial charge is 0.381 e. The number of aromatic nitrogens is 1. The number of ketones is 1. The molecule has 4 rings (SSSR count). The van der Waals surface area contributed by atoms with E-state index in [1.54, 1.807) is 13.1 Å². The van der Waals surface area contributed by atoms with Gasteiger partial charge in [-0.1, -0.05) is 60.7 Å². The minimum atomic E-state index is -0.0622. The minimum Gasteiger partial charge on any atom is -0.381 e. The van der Waals surface area contributed by atoms with Gasteiger partial charge in [-0.3, -0.25) is 14.6 Å². The molecule has 0 radical (unpaired) electrons. The monoisotopic (exact) mass is 437 g/mol. The lowest BCUT2D eigenvalue weighted by Gasteiger charge is -2.21. The number of nitrogens with one attached hydrogen (secondary N) is 2. The first-order valence-corrected chi connectivity index (χ1v) is 11.1. The van der Waals surface area contributed by atoms with E-state index in [0.717, 1.165) is 23.0 Å². The molecule has 4 aromatic rings. The molecule has 3 aromatic carbocycles. The van der Waals surface area contributed by atoms with Gasteiger partial charge in [0.25, 0.3) is 0 Å². The van der Waals surface area contributed by atoms with E-state index in [4.69, 9.17) is 0 Å². The van der Waals surface area contributed by atoms with E-state index in [-0.39, 0.29) is 17.7 Å². The number of Topliss-reactive ketones (excluding diaryl/α,β-unsaturated/α-hetero) is 1. The molecule has 1 aromatic heterocycles. The predicted molar refractivity (Wildman–Crippen MR) is 134 cm³/mol. The highest BCUT2D eigenvalue weighted by atomic mass is 16.1. The number of anilines is 2. The van der Waals surface area contributed by atoms with Gasteiger partial charge < -0.3 is 10.6 Å². The fourth-order valence-corrected chi connectivity index (χ4v) is 3.98. The Labute approximate surface area is 193 Å². The molecule has 166 valence electrons. The third kappa shape index (κ3) is 5.83. The van der Waals surface area contributed by atoms with Crippen molar-refractivity contribution in [2.24, 2.45) is 0 Å². The first-order chi connectivity index (χ1) is 16.1. The van der Waals surface area contributed by atoms with E-state index < -0.39 is 0 Å². The topological polar surface area (TPSA) is 71.1 Å². The molecule has 0 bridgehead atoms. The molecule has 5 nitrogen and oxygen atoms in total. The molecular formula is C28H27N3O2. The third-order valence-corrected chi connectivity index (χ3v) is 5.62. The lowest BCUT2D eigenvalue weighted by molar-refractivity contribution is -0.116. The molecule has 0 fully saturated rings. The minimum absolute atomic E-state index is 0.00991. The van der Waals surface area contributed by atoms with Gasteiger partial charge in [-0.2, -0.15) is 0 Å². The molecule has 0 aliphatic heterocycles. The summed E-state index contributed by atoms with van der Waals surface area (Å²) in [7, 11) is 0. The molecule has 0 spiro atoms. The Morgan fingerprint density at radius 3 is 2.39 bits per heavy atom. The summed E-state index contributed by atoms with van der Waals surface area (Å²) in [5.74, 6) is -0.0503. The maximum Gasteiger partial charge on any atom is 0.224 e. The van der Waals surface area contributed by atoms with Crippen molar-refractivity contribution in [3.05, 3.63) is 102 Å². The molecule has 0 aliphatic carbocycles. The summed E-state index contributed by atoms with van der Waals surface area (Å²) in [5, 5.41) is 7.51. The Morgan fingerprint density at radius 2 is 1.58 bits per heavy atom. The van der Waals surface area contributed by atoms with Crippen LogP contribution in [0.3, 0.4) is 0 Å². The second kappa shape index (κ2) is 10.6. The number of rotatable bonds is 9. The van der Waals surface area contributed by atoms with Crippen LogP contribution in [0, 0.1) is 0 Å². The number of pyridine rings is 1. The summed E-state index contributed by atoms with van der Waals surface area (Å²) in [6, 6.07) is 27.3. The molecule has 5 heteroatoms. The molecule has 1 atom stereocenters.